The predicted molar refractivity (Wildman–Crippen MR) is 99.6 cm³/mol. The molecule has 1 unspecified atom stereocenters. The van der Waals surface area contributed by atoms with Gasteiger partial charge in [-0.25, -0.2) is 0 Å². The Balaban J connectivity index is 1.68. The molecule has 3 rings (SSSR count). The minimum absolute atomic E-state index is 0.0314. The van der Waals surface area contributed by atoms with Gasteiger partial charge in [0, 0.05) is 13.1 Å². The lowest BCUT2D eigenvalue weighted by Crippen LogP contribution is -2.37. The van der Waals surface area contributed by atoms with Crippen LogP contribution in [-0.2, 0) is 22.6 Å². The Morgan fingerprint density at radius 2 is 1.44 bits per heavy atom. The molecule has 1 fully saturated rings. The second-order valence-electron chi connectivity index (χ2n) is 6.89. The summed E-state index contributed by atoms with van der Waals surface area (Å²) >= 11 is 0. The van der Waals surface area contributed by atoms with Gasteiger partial charge in [-0.05, 0) is 30.9 Å². The van der Waals surface area contributed by atoms with Gasteiger partial charge in [0.1, 0.15) is 0 Å². The Kier molecular flexibility index (Phi) is 6.24. The standard InChI is InChI=1S/C22H27NO2/c1-18(25-22(24)21-14-8-9-15-21)23(16-19-10-4-2-5-11-19)17-20-12-6-3-7-13-20/h2-7,10-13,18,21H,8-9,14-17H2,1H3. The van der Waals surface area contributed by atoms with Crippen molar-refractivity contribution in [1.29, 1.82) is 0 Å². The molecule has 0 spiro atoms. The number of ether oxygens (including phenoxy) is 1. The third kappa shape index (κ3) is 5.17. The lowest BCUT2D eigenvalue weighted by molar-refractivity contribution is -0.163. The molecule has 0 heterocycles. The number of carbonyl (C=O) groups is 1. The van der Waals surface area contributed by atoms with E-state index in [-0.39, 0.29) is 18.1 Å². The topological polar surface area (TPSA) is 29.5 Å². The highest BCUT2D eigenvalue weighted by molar-refractivity contribution is 5.72. The van der Waals surface area contributed by atoms with Gasteiger partial charge in [-0.3, -0.25) is 9.69 Å². The third-order valence-corrected chi connectivity index (χ3v) is 4.95. The summed E-state index contributed by atoms with van der Waals surface area (Å²) < 4.78 is 5.83. The Bertz CT molecular complexity index is 609. The van der Waals surface area contributed by atoms with E-state index in [0.29, 0.717) is 0 Å². The maximum absolute atomic E-state index is 12.4. The van der Waals surface area contributed by atoms with E-state index in [1.165, 1.54) is 11.1 Å². The number of hydrogen-bond acceptors (Lipinski definition) is 3. The van der Waals surface area contributed by atoms with Crippen molar-refractivity contribution < 1.29 is 9.53 Å². The molecular formula is C22H27NO2. The summed E-state index contributed by atoms with van der Waals surface area (Å²) in [5.74, 6) is 0.0638. The number of rotatable bonds is 7. The Morgan fingerprint density at radius 1 is 0.960 bits per heavy atom. The van der Waals surface area contributed by atoms with Crippen molar-refractivity contribution in [2.75, 3.05) is 0 Å². The summed E-state index contributed by atoms with van der Waals surface area (Å²) in [4.78, 5) is 14.6. The van der Waals surface area contributed by atoms with Crippen LogP contribution in [0.3, 0.4) is 0 Å². The van der Waals surface area contributed by atoms with Crippen LogP contribution >= 0.6 is 0 Å². The van der Waals surface area contributed by atoms with Gasteiger partial charge in [0.05, 0.1) is 5.92 Å². The fraction of sp³-hybridized carbons (Fsp3) is 0.409. The average molecular weight is 337 g/mol. The molecule has 3 nitrogen and oxygen atoms in total. The SMILES string of the molecule is CC(OC(=O)C1CCCC1)N(Cc1ccccc1)Cc1ccccc1. The van der Waals surface area contributed by atoms with Crippen LogP contribution in [0.15, 0.2) is 60.7 Å². The zero-order valence-electron chi connectivity index (χ0n) is 14.9. The average Bonchev–Trinajstić information content (AvgIpc) is 3.18. The number of nitrogens with zero attached hydrogens (tertiary/aromatic N) is 1. The molecule has 0 aromatic heterocycles. The first kappa shape index (κ1) is 17.7. The van der Waals surface area contributed by atoms with Gasteiger partial charge in [-0.1, -0.05) is 73.5 Å². The van der Waals surface area contributed by atoms with E-state index < -0.39 is 0 Å². The van der Waals surface area contributed by atoms with Crippen LogP contribution in [0, 0.1) is 5.92 Å². The van der Waals surface area contributed by atoms with E-state index in [4.69, 9.17) is 4.74 Å². The molecule has 0 aliphatic heterocycles. The summed E-state index contributed by atoms with van der Waals surface area (Å²) in [6.45, 7) is 3.50. The van der Waals surface area contributed by atoms with Crippen LogP contribution in [-0.4, -0.2) is 17.1 Å². The highest BCUT2D eigenvalue weighted by atomic mass is 16.6. The van der Waals surface area contributed by atoms with Gasteiger partial charge in [0.15, 0.2) is 6.23 Å². The van der Waals surface area contributed by atoms with Gasteiger partial charge in [0.2, 0.25) is 0 Å². The van der Waals surface area contributed by atoms with E-state index >= 15 is 0 Å². The smallest absolute Gasteiger partial charge is 0.310 e. The van der Waals surface area contributed by atoms with Crippen LogP contribution in [0.2, 0.25) is 0 Å². The largest absolute Gasteiger partial charge is 0.446 e. The maximum Gasteiger partial charge on any atom is 0.310 e. The second-order valence-corrected chi connectivity index (χ2v) is 6.89. The lowest BCUT2D eigenvalue weighted by Gasteiger charge is -2.29. The molecule has 0 N–H and O–H groups in total. The van der Waals surface area contributed by atoms with Gasteiger partial charge < -0.3 is 4.74 Å². The molecule has 2 aromatic carbocycles. The fourth-order valence-electron chi connectivity index (χ4n) is 3.45. The highest BCUT2D eigenvalue weighted by Gasteiger charge is 2.27. The molecule has 0 amide bonds. The Labute approximate surface area is 150 Å². The molecule has 1 aliphatic carbocycles. The molecule has 1 atom stereocenters. The predicted octanol–water partition coefficient (Wildman–Crippen LogP) is 4.77. The number of esters is 1. The minimum Gasteiger partial charge on any atom is -0.446 e. The Hall–Kier alpha value is -2.13. The van der Waals surface area contributed by atoms with Crippen molar-refractivity contribution in [2.45, 2.75) is 51.9 Å². The summed E-state index contributed by atoms with van der Waals surface area (Å²) in [7, 11) is 0. The van der Waals surface area contributed by atoms with Gasteiger partial charge in [-0.15, -0.1) is 0 Å². The molecule has 0 saturated heterocycles. The van der Waals surface area contributed by atoms with E-state index in [1.807, 2.05) is 43.3 Å². The summed E-state index contributed by atoms with van der Waals surface area (Å²) in [6, 6.07) is 20.7. The van der Waals surface area contributed by atoms with Crippen molar-refractivity contribution in [1.82, 2.24) is 4.90 Å². The van der Waals surface area contributed by atoms with E-state index in [2.05, 4.69) is 29.2 Å². The molecule has 25 heavy (non-hydrogen) atoms. The zero-order chi connectivity index (χ0) is 17.5. The molecular weight excluding hydrogens is 310 g/mol. The monoisotopic (exact) mass is 337 g/mol. The first-order valence-electron chi connectivity index (χ1n) is 9.25. The van der Waals surface area contributed by atoms with Crippen molar-refractivity contribution in [2.24, 2.45) is 5.92 Å². The molecule has 3 heteroatoms. The molecule has 132 valence electrons. The summed E-state index contributed by atoms with van der Waals surface area (Å²) in [6.07, 6.45) is 4.00. The molecule has 0 bridgehead atoms. The third-order valence-electron chi connectivity index (χ3n) is 4.95. The lowest BCUT2D eigenvalue weighted by atomic mass is 10.1. The molecule has 2 aromatic rings. The van der Waals surface area contributed by atoms with E-state index in [1.54, 1.807) is 0 Å². The number of benzene rings is 2. The first-order chi connectivity index (χ1) is 12.2. The summed E-state index contributed by atoms with van der Waals surface area (Å²) in [5.41, 5.74) is 2.45. The van der Waals surface area contributed by atoms with Crippen LogP contribution in [0.5, 0.6) is 0 Å². The van der Waals surface area contributed by atoms with Gasteiger partial charge in [-0.2, -0.15) is 0 Å². The van der Waals surface area contributed by atoms with Crippen LogP contribution in [0.4, 0.5) is 0 Å². The number of carbonyl (C=O) groups excluding carboxylic acids is 1. The number of hydrogen-bond donors (Lipinski definition) is 0. The van der Waals surface area contributed by atoms with Crippen molar-refractivity contribution in [3.8, 4) is 0 Å². The van der Waals surface area contributed by atoms with Gasteiger partial charge >= 0.3 is 5.97 Å². The Morgan fingerprint density at radius 3 is 1.92 bits per heavy atom. The van der Waals surface area contributed by atoms with E-state index in [9.17, 15) is 4.79 Å². The quantitative estimate of drug-likeness (QED) is 0.538. The maximum atomic E-state index is 12.4. The summed E-state index contributed by atoms with van der Waals surface area (Å²) in [5, 5.41) is 0. The fourth-order valence-corrected chi connectivity index (χ4v) is 3.45. The van der Waals surface area contributed by atoms with E-state index in [0.717, 1.165) is 38.8 Å². The molecule has 1 saturated carbocycles. The second kappa shape index (κ2) is 8.82. The van der Waals surface area contributed by atoms with Crippen molar-refractivity contribution in [3.63, 3.8) is 0 Å². The highest BCUT2D eigenvalue weighted by Crippen LogP contribution is 2.26. The van der Waals surface area contributed by atoms with Crippen LogP contribution in [0.25, 0.3) is 0 Å². The van der Waals surface area contributed by atoms with Gasteiger partial charge in [0.25, 0.3) is 0 Å². The normalized spacial score (nSPS) is 16.1. The first-order valence-corrected chi connectivity index (χ1v) is 9.25. The van der Waals surface area contributed by atoms with Crippen molar-refractivity contribution in [3.05, 3.63) is 71.8 Å². The van der Waals surface area contributed by atoms with Crippen LogP contribution in [0.1, 0.15) is 43.7 Å². The minimum atomic E-state index is -0.242. The van der Waals surface area contributed by atoms with Crippen molar-refractivity contribution >= 4 is 5.97 Å². The molecule has 0 radical (unpaired) electrons. The van der Waals surface area contributed by atoms with Crippen LogP contribution < -0.4 is 0 Å². The molecule has 1 aliphatic rings. The zero-order valence-corrected chi connectivity index (χ0v) is 14.9.